The summed E-state index contributed by atoms with van der Waals surface area (Å²) in [5.41, 5.74) is 2.42. The van der Waals surface area contributed by atoms with Crippen LogP contribution in [0.4, 0.5) is 0 Å². The van der Waals surface area contributed by atoms with Crippen LogP contribution in [0.2, 0.25) is 5.02 Å². The Morgan fingerprint density at radius 3 is 2.74 bits per heavy atom. The van der Waals surface area contributed by atoms with Crippen LogP contribution in [0, 0.1) is 0 Å². The zero-order valence-corrected chi connectivity index (χ0v) is 14.1. The summed E-state index contributed by atoms with van der Waals surface area (Å²) >= 11 is 6.15. The molecule has 23 heavy (non-hydrogen) atoms. The van der Waals surface area contributed by atoms with Gasteiger partial charge in [0.25, 0.3) is 0 Å². The highest BCUT2D eigenvalue weighted by Crippen LogP contribution is 2.30. The minimum Gasteiger partial charge on any atom is -0.497 e. The van der Waals surface area contributed by atoms with Crippen molar-refractivity contribution in [3.05, 3.63) is 64.7 Å². The second-order valence-electron chi connectivity index (χ2n) is 5.85. The fourth-order valence-corrected chi connectivity index (χ4v) is 3.25. The zero-order chi connectivity index (χ0) is 16.1. The summed E-state index contributed by atoms with van der Waals surface area (Å²) in [4.78, 5) is 0. The van der Waals surface area contributed by atoms with E-state index in [4.69, 9.17) is 21.1 Å². The Kier molecular flexibility index (Phi) is 5.55. The highest BCUT2D eigenvalue weighted by molar-refractivity contribution is 6.30. The third-order valence-electron chi connectivity index (χ3n) is 4.33. The number of ether oxygens (including phenoxy) is 2. The van der Waals surface area contributed by atoms with Crippen LogP contribution < -0.4 is 10.1 Å². The van der Waals surface area contributed by atoms with Crippen molar-refractivity contribution in [1.29, 1.82) is 0 Å². The van der Waals surface area contributed by atoms with Gasteiger partial charge < -0.3 is 14.8 Å². The number of hydrogen-bond acceptors (Lipinski definition) is 3. The van der Waals surface area contributed by atoms with E-state index in [1.807, 2.05) is 36.4 Å². The van der Waals surface area contributed by atoms with Crippen molar-refractivity contribution >= 4 is 11.6 Å². The summed E-state index contributed by atoms with van der Waals surface area (Å²) in [6, 6.07) is 16.2. The van der Waals surface area contributed by atoms with Gasteiger partial charge in [-0.15, -0.1) is 0 Å². The number of nitrogens with one attached hydrogen (secondary N) is 1. The normalized spacial score (nSPS) is 21.1. The van der Waals surface area contributed by atoms with Crippen molar-refractivity contribution < 1.29 is 9.47 Å². The molecule has 0 amide bonds. The minimum atomic E-state index is 0.157. The van der Waals surface area contributed by atoms with E-state index in [-0.39, 0.29) is 6.10 Å². The average Bonchev–Trinajstić information content (AvgIpc) is 2.60. The second kappa shape index (κ2) is 7.82. The van der Waals surface area contributed by atoms with Gasteiger partial charge in [-0.05, 0) is 48.4 Å². The van der Waals surface area contributed by atoms with Gasteiger partial charge in [-0.3, -0.25) is 0 Å². The first kappa shape index (κ1) is 16.3. The van der Waals surface area contributed by atoms with Crippen LogP contribution in [-0.2, 0) is 11.3 Å². The summed E-state index contributed by atoms with van der Waals surface area (Å²) in [6.07, 6.45) is 1.22. The summed E-state index contributed by atoms with van der Waals surface area (Å²) in [7, 11) is 1.68. The third-order valence-corrected chi connectivity index (χ3v) is 4.56. The van der Waals surface area contributed by atoms with E-state index in [9.17, 15) is 0 Å². The van der Waals surface area contributed by atoms with Gasteiger partial charge in [0, 0.05) is 17.5 Å². The maximum Gasteiger partial charge on any atom is 0.118 e. The molecule has 1 fully saturated rings. The van der Waals surface area contributed by atoms with E-state index >= 15 is 0 Å². The molecule has 0 saturated carbocycles. The fraction of sp³-hybridized carbons (Fsp3) is 0.368. The van der Waals surface area contributed by atoms with Gasteiger partial charge >= 0.3 is 0 Å². The number of hydrogen-bond donors (Lipinski definition) is 1. The predicted molar refractivity (Wildman–Crippen MR) is 93.3 cm³/mol. The molecule has 0 spiro atoms. The Morgan fingerprint density at radius 1 is 1.17 bits per heavy atom. The van der Waals surface area contributed by atoms with Crippen LogP contribution >= 0.6 is 11.6 Å². The van der Waals surface area contributed by atoms with Gasteiger partial charge in [0.2, 0.25) is 0 Å². The Morgan fingerprint density at radius 2 is 2.00 bits per heavy atom. The molecule has 2 unspecified atom stereocenters. The molecule has 2 aromatic carbocycles. The standard InChI is InChI=1S/C19H22ClNO2/c1-22-17-7-5-14(6-8-17)13-23-19-12-21-10-9-18(19)15-3-2-4-16(20)11-15/h2-8,11,18-19,21H,9-10,12-13H2,1H3. The maximum atomic E-state index is 6.20. The van der Waals surface area contributed by atoms with Gasteiger partial charge in [-0.1, -0.05) is 35.9 Å². The van der Waals surface area contributed by atoms with E-state index in [0.29, 0.717) is 12.5 Å². The van der Waals surface area contributed by atoms with Crippen LogP contribution in [0.1, 0.15) is 23.5 Å². The Bertz CT molecular complexity index is 630. The maximum absolute atomic E-state index is 6.20. The Labute approximate surface area is 142 Å². The SMILES string of the molecule is COc1ccc(COC2CNCCC2c2cccc(Cl)c2)cc1. The largest absolute Gasteiger partial charge is 0.497 e. The Balaban J connectivity index is 1.66. The van der Waals surface area contributed by atoms with Gasteiger partial charge in [-0.25, -0.2) is 0 Å². The zero-order valence-electron chi connectivity index (χ0n) is 13.3. The number of benzene rings is 2. The van der Waals surface area contributed by atoms with E-state index in [0.717, 1.165) is 35.8 Å². The first-order valence-electron chi connectivity index (χ1n) is 7.97. The highest BCUT2D eigenvalue weighted by atomic mass is 35.5. The quantitative estimate of drug-likeness (QED) is 0.898. The van der Waals surface area contributed by atoms with E-state index in [1.165, 1.54) is 5.56 Å². The first-order valence-corrected chi connectivity index (χ1v) is 8.35. The van der Waals surface area contributed by atoms with Crippen molar-refractivity contribution in [3.8, 4) is 5.75 Å². The molecule has 1 aliphatic heterocycles. The van der Waals surface area contributed by atoms with Crippen LogP contribution in [0.15, 0.2) is 48.5 Å². The van der Waals surface area contributed by atoms with Gasteiger partial charge in [0.05, 0.1) is 19.8 Å². The predicted octanol–water partition coefficient (Wildman–Crippen LogP) is 4.01. The monoisotopic (exact) mass is 331 g/mol. The molecule has 3 nitrogen and oxygen atoms in total. The Hall–Kier alpha value is -1.55. The van der Waals surface area contributed by atoms with Crippen molar-refractivity contribution in [3.63, 3.8) is 0 Å². The lowest BCUT2D eigenvalue weighted by molar-refractivity contribution is 0.0106. The lowest BCUT2D eigenvalue weighted by Crippen LogP contribution is -2.40. The summed E-state index contributed by atoms with van der Waals surface area (Å²) < 4.78 is 11.4. The van der Waals surface area contributed by atoms with Crippen LogP contribution in [0.5, 0.6) is 5.75 Å². The molecule has 1 aliphatic rings. The number of rotatable bonds is 5. The molecule has 4 heteroatoms. The minimum absolute atomic E-state index is 0.157. The van der Waals surface area contributed by atoms with Gasteiger partial charge in [0.1, 0.15) is 5.75 Å². The lowest BCUT2D eigenvalue weighted by Gasteiger charge is -2.32. The average molecular weight is 332 g/mol. The lowest BCUT2D eigenvalue weighted by atomic mass is 9.88. The van der Waals surface area contributed by atoms with E-state index < -0.39 is 0 Å². The van der Waals surface area contributed by atoms with E-state index in [1.54, 1.807) is 7.11 Å². The van der Waals surface area contributed by atoms with Gasteiger partial charge in [0.15, 0.2) is 0 Å². The molecule has 1 heterocycles. The molecule has 1 saturated heterocycles. The molecule has 3 rings (SSSR count). The topological polar surface area (TPSA) is 30.5 Å². The molecule has 122 valence electrons. The molecule has 0 radical (unpaired) electrons. The van der Waals surface area contributed by atoms with Crippen molar-refractivity contribution in [1.82, 2.24) is 5.32 Å². The number of methoxy groups -OCH3 is 1. The van der Waals surface area contributed by atoms with Crippen molar-refractivity contribution in [2.24, 2.45) is 0 Å². The number of halogens is 1. The molecule has 2 atom stereocenters. The fourth-order valence-electron chi connectivity index (χ4n) is 3.05. The van der Waals surface area contributed by atoms with E-state index in [2.05, 4.69) is 17.4 Å². The van der Waals surface area contributed by atoms with Gasteiger partial charge in [-0.2, -0.15) is 0 Å². The molecule has 0 aliphatic carbocycles. The van der Waals surface area contributed by atoms with Crippen LogP contribution in [-0.4, -0.2) is 26.3 Å². The molecular weight excluding hydrogens is 310 g/mol. The smallest absolute Gasteiger partial charge is 0.118 e. The molecule has 0 aromatic heterocycles. The molecule has 0 bridgehead atoms. The number of piperidine rings is 1. The summed E-state index contributed by atoms with van der Waals surface area (Å²) in [5.74, 6) is 1.25. The summed E-state index contributed by atoms with van der Waals surface area (Å²) in [5, 5.41) is 4.21. The first-order chi connectivity index (χ1) is 11.3. The third kappa shape index (κ3) is 4.25. The molecular formula is C19H22ClNO2. The van der Waals surface area contributed by atoms with Crippen LogP contribution in [0.25, 0.3) is 0 Å². The summed E-state index contributed by atoms with van der Waals surface area (Å²) in [6.45, 7) is 2.49. The molecule has 2 aromatic rings. The van der Waals surface area contributed by atoms with Crippen molar-refractivity contribution in [2.45, 2.75) is 25.0 Å². The van der Waals surface area contributed by atoms with Crippen LogP contribution in [0.3, 0.4) is 0 Å². The highest BCUT2D eigenvalue weighted by Gasteiger charge is 2.27. The van der Waals surface area contributed by atoms with Crippen molar-refractivity contribution in [2.75, 3.05) is 20.2 Å². The second-order valence-corrected chi connectivity index (χ2v) is 6.29. The molecule has 1 N–H and O–H groups in total.